The first-order valence-electron chi connectivity index (χ1n) is 9.06. The molecule has 4 aromatic rings. The second-order valence-corrected chi connectivity index (χ2v) is 6.98. The topological polar surface area (TPSA) is 115 Å². The van der Waals surface area contributed by atoms with Gasteiger partial charge in [-0.15, -0.1) is 0 Å². The Bertz CT molecular complexity index is 1240. The van der Waals surface area contributed by atoms with Gasteiger partial charge < -0.3 is 10.3 Å². The van der Waals surface area contributed by atoms with E-state index in [-0.39, 0.29) is 0 Å². The number of carbonyl (C=O) groups is 1. The Morgan fingerprint density at radius 3 is 2.79 bits per heavy atom. The first-order valence-corrected chi connectivity index (χ1v) is 9.06. The van der Waals surface area contributed by atoms with Gasteiger partial charge in [-0.2, -0.15) is 20.3 Å². The highest BCUT2D eigenvalue weighted by Crippen LogP contribution is 2.28. The third-order valence-corrected chi connectivity index (χ3v) is 4.94. The molecule has 8 heteroatoms. The van der Waals surface area contributed by atoms with Gasteiger partial charge in [0.25, 0.3) is 0 Å². The normalized spacial score (nSPS) is 12.0. The number of fused-ring (bicyclic) bond motifs is 1. The Balaban J connectivity index is 1.65. The predicted octanol–water partition coefficient (Wildman–Crippen LogP) is 2.01. The fraction of sp³-hybridized carbons (Fsp3) is 0.190. The minimum Gasteiger partial charge on any atom is -0.369 e. The van der Waals surface area contributed by atoms with Gasteiger partial charge in [-0.1, -0.05) is 6.07 Å². The molecule has 144 valence electrons. The fourth-order valence-corrected chi connectivity index (χ4v) is 3.52. The lowest BCUT2D eigenvalue weighted by Crippen LogP contribution is -2.23. The molecule has 1 aromatic carbocycles. The van der Waals surface area contributed by atoms with Crippen LogP contribution in [-0.2, 0) is 18.4 Å². The molecular formula is C21H19N7O. The number of hydrogen-bond donors (Lipinski definition) is 1. The van der Waals surface area contributed by atoms with Gasteiger partial charge in [0.1, 0.15) is 18.5 Å². The Morgan fingerprint density at radius 2 is 2.10 bits per heavy atom. The number of pyridine rings is 1. The molecule has 0 fully saturated rings. The van der Waals surface area contributed by atoms with Gasteiger partial charge in [-0.3, -0.25) is 9.78 Å². The maximum absolute atomic E-state index is 12.3. The second kappa shape index (κ2) is 7.20. The van der Waals surface area contributed by atoms with Crippen LogP contribution in [0.2, 0.25) is 0 Å². The molecule has 3 aromatic heterocycles. The highest BCUT2D eigenvalue weighted by atomic mass is 16.1. The quantitative estimate of drug-likeness (QED) is 0.564. The van der Waals surface area contributed by atoms with Gasteiger partial charge in [0.2, 0.25) is 5.91 Å². The van der Waals surface area contributed by atoms with Gasteiger partial charge in [0.15, 0.2) is 0 Å². The number of nitrogens with two attached hydrogens (primary N) is 1. The molecule has 0 bridgehead atoms. The van der Waals surface area contributed by atoms with Crippen molar-refractivity contribution >= 4 is 16.8 Å². The summed E-state index contributed by atoms with van der Waals surface area (Å²) in [6.07, 6.45) is 5.11. The lowest BCUT2D eigenvalue weighted by Gasteiger charge is -2.11. The van der Waals surface area contributed by atoms with Crippen LogP contribution in [0.15, 0.2) is 48.9 Å². The molecule has 0 saturated carbocycles. The lowest BCUT2D eigenvalue weighted by atomic mass is 9.94. The zero-order valence-electron chi connectivity index (χ0n) is 16.1. The van der Waals surface area contributed by atoms with Gasteiger partial charge in [-0.05, 0) is 42.3 Å². The summed E-state index contributed by atoms with van der Waals surface area (Å²) in [6, 6.07) is 11.3. The van der Waals surface area contributed by atoms with E-state index in [4.69, 9.17) is 11.0 Å². The first-order chi connectivity index (χ1) is 14.0. The van der Waals surface area contributed by atoms with E-state index in [0.29, 0.717) is 23.5 Å². The average molecular weight is 385 g/mol. The van der Waals surface area contributed by atoms with E-state index in [9.17, 15) is 4.79 Å². The van der Waals surface area contributed by atoms with Crippen molar-refractivity contribution in [2.24, 2.45) is 12.8 Å². The van der Waals surface area contributed by atoms with E-state index < -0.39 is 11.8 Å². The third-order valence-electron chi connectivity index (χ3n) is 4.94. The van der Waals surface area contributed by atoms with Crippen molar-refractivity contribution in [2.75, 3.05) is 0 Å². The van der Waals surface area contributed by atoms with E-state index in [1.807, 2.05) is 38.2 Å². The average Bonchev–Trinajstić information content (AvgIpc) is 3.26. The summed E-state index contributed by atoms with van der Waals surface area (Å²) in [5, 5.41) is 18.6. The summed E-state index contributed by atoms with van der Waals surface area (Å²) in [5.41, 5.74) is 10.4. The molecule has 8 nitrogen and oxygen atoms in total. The number of nitrogens with zero attached hydrogens (tertiary/aromatic N) is 6. The number of aromatic nitrogens is 5. The number of carbonyl (C=O) groups excluding carboxylic acids is 1. The predicted molar refractivity (Wildman–Crippen MR) is 107 cm³/mol. The van der Waals surface area contributed by atoms with Crippen molar-refractivity contribution in [3.63, 3.8) is 0 Å². The Hall–Kier alpha value is -3.99. The monoisotopic (exact) mass is 385 g/mol. The second-order valence-electron chi connectivity index (χ2n) is 6.98. The van der Waals surface area contributed by atoms with Crippen LogP contribution in [0.5, 0.6) is 0 Å². The van der Waals surface area contributed by atoms with Crippen molar-refractivity contribution in [1.29, 1.82) is 5.26 Å². The Labute approximate surface area is 167 Å². The number of rotatable bonds is 5. The first kappa shape index (κ1) is 18.4. The number of hydrogen-bond acceptors (Lipinski definition) is 5. The van der Waals surface area contributed by atoms with E-state index >= 15 is 0 Å². The minimum atomic E-state index is -0.693. The lowest BCUT2D eigenvalue weighted by molar-refractivity contribution is -0.118. The maximum Gasteiger partial charge on any atom is 0.231 e. The Morgan fingerprint density at radius 1 is 1.28 bits per heavy atom. The summed E-state index contributed by atoms with van der Waals surface area (Å²) < 4.78 is 2.05. The molecule has 0 aliphatic heterocycles. The van der Waals surface area contributed by atoms with Crippen LogP contribution in [0.3, 0.4) is 0 Å². The molecule has 3 heterocycles. The molecule has 0 spiro atoms. The fourth-order valence-electron chi connectivity index (χ4n) is 3.52. The highest BCUT2D eigenvalue weighted by Gasteiger charge is 2.24. The summed E-state index contributed by atoms with van der Waals surface area (Å²) >= 11 is 0. The van der Waals surface area contributed by atoms with Crippen LogP contribution in [-0.4, -0.2) is 30.5 Å². The summed E-state index contributed by atoms with van der Waals surface area (Å²) in [4.78, 5) is 17.9. The molecule has 1 unspecified atom stereocenters. The molecule has 0 aliphatic carbocycles. The Kier molecular flexibility index (Phi) is 4.56. The van der Waals surface area contributed by atoms with E-state index in [2.05, 4.69) is 25.9 Å². The SMILES string of the molecule is Cc1cn(C)c2ccc(C(C(N)=O)c3cnn(Cc4ccc(C#N)cn4)n3)cc12. The van der Waals surface area contributed by atoms with E-state index in [1.165, 1.54) is 11.0 Å². The van der Waals surface area contributed by atoms with Crippen molar-refractivity contribution in [3.05, 3.63) is 77.0 Å². The molecular weight excluding hydrogens is 366 g/mol. The molecule has 0 saturated heterocycles. The van der Waals surface area contributed by atoms with Crippen LogP contribution in [0.4, 0.5) is 0 Å². The highest BCUT2D eigenvalue weighted by molar-refractivity contribution is 5.89. The molecule has 29 heavy (non-hydrogen) atoms. The van der Waals surface area contributed by atoms with Crippen LogP contribution < -0.4 is 5.73 Å². The van der Waals surface area contributed by atoms with E-state index in [0.717, 1.165) is 22.0 Å². The molecule has 1 atom stereocenters. The van der Waals surface area contributed by atoms with Crippen molar-refractivity contribution in [1.82, 2.24) is 24.5 Å². The van der Waals surface area contributed by atoms with Crippen LogP contribution in [0, 0.1) is 18.3 Å². The van der Waals surface area contributed by atoms with Crippen LogP contribution >= 0.6 is 0 Å². The smallest absolute Gasteiger partial charge is 0.231 e. The summed E-state index contributed by atoms with van der Waals surface area (Å²) in [5.74, 6) is -1.18. The number of nitriles is 1. The minimum absolute atomic E-state index is 0.327. The third kappa shape index (κ3) is 3.46. The number of aryl methyl sites for hydroxylation is 2. The number of benzene rings is 1. The van der Waals surface area contributed by atoms with Gasteiger partial charge >= 0.3 is 0 Å². The van der Waals surface area contributed by atoms with Crippen molar-refractivity contribution in [3.8, 4) is 6.07 Å². The maximum atomic E-state index is 12.3. The zero-order valence-corrected chi connectivity index (χ0v) is 16.1. The number of amides is 1. The summed E-state index contributed by atoms with van der Waals surface area (Å²) in [7, 11) is 1.99. The zero-order chi connectivity index (χ0) is 20.5. The molecule has 1 amide bonds. The molecule has 4 rings (SSSR count). The molecule has 0 aliphatic rings. The van der Waals surface area contributed by atoms with Gasteiger partial charge in [0, 0.05) is 30.3 Å². The van der Waals surface area contributed by atoms with Crippen molar-refractivity contribution < 1.29 is 4.79 Å². The van der Waals surface area contributed by atoms with Gasteiger partial charge in [0.05, 0.1) is 23.1 Å². The standard InChI is InChI=1S/C21H19N7O/c1-13-11-27(2)19-6-4-15(7-17(13)19)20(21(23)29)18-10-25-28(26-18)12-16-5-3-14(8-22)9-24-16/h3-7,9-11,20H,12H2,1-2H3,(H2,23,29). The largest absolute Gasteiger partial charge is 0.369 e. The van der Waals surface area contributed by atoms with Gasteiger partial charge in [-0.25, -0.2) is 0 Å². The van der Waals surface area contributed by atoms with Crippen molar-refractivity contribution in [2.45, 2.75) is 19.4 Å². The van der Waals surface area contributed by atoms with E-state index in [1.54, 1.807) is 18.3 Å². The molecule has 0 radical (unpaired) electrons. The van der Waals surface area contributed by atoms with Crippen LogP contribution in [0.25, 0.3) is 10.9 Å². The summed E-state index contributed by atoms with van der Waals surface area (Å²) in [6.45, 7) is 2.36. The molecule has 2 N–H and O–H groups in total. The number of primary amides is 1. The van der Waals surface area contributed by atoms with Crippen LogP contribution in [0.1, 0.15) is 34.0 Å².